The molecule has 0 atom stereocenters. The van der Waals surface area contributed by atoms with Gasteiger partial charge in [-0.2, -0.15) is 0 Å². The molecule has 1 rings (SSSR count). The molecular formula is C9H15N5O2. The number of hydrogen-bond donors (Lipinski definition) is 2. The highest BCUT2D eigenvalue weighted by atomic mass is 16.2. The zero-order valence-electron chi connectivity index (χ0n) is 9.57. The molecule has 0 saturated carbocycles. The van der Waals surface area contributed by atoms with Gasteiger partial charge in [-0.1, -0.05) is 6.92 Å². The summed E-state index contributed by atoms with van der Waals surface area (Å²) in [5.41, 5.74) is 0. The molecule has 16 heavy (non-hydrogen) atoms. The number of likely N-dealkylation sites (N-methyl/N-ethyl adjacent to an activating group) is 2. The smallest absolute Gasteiger partial charge is 0.293 e. The second-order valence-corrected chi connectivity index (χ2v) is 3.29. The van der Waals surface area contributed by atoms with E-state index in [-0.39, 0.29) is 24.2 Å². The Morgan fingerprint density at radius 2 is 2.19 bits per heavy atom. The number of carbonyl (C=O) groups excluding carboxylic acids is 2. The first kappa shape index (κ1) is 12.2. The van der Waals surface area contributed by atoms with Crippen molar-refractivity contribution in [2.75, 3.05) is 20.6 Å². The number of aromatic amines is 1. The predicted molar refractivity (Wildman–Crippen MR) is 56.8 cm³/mol. The summed E-state index contributed by atoms with van der Waals surface area (Å²) in [6.45, 7) is 1.90. The van der Waals surface area contributed by atoms with Crippen LogP contribution in [0.5, 0.6) is 0 Å². The van der Waals surface area contributed by atoms with E-state index in [4.69, 9.17) is 0 Å². The lowest BCUT2D eigenvalue weighted by Crippen LogP contribution is -2.37. The minimum Gasteiger partial charge on any atom is -0.358 e. The van der Waals surface area contributed by atoms with Crippen LogP contribution >= 0.6 is 0 Å². The summed E-state index contributed by atoms with van der Waals surface area (Å²) >= 11 is 0. The molecule has 2 amide bonds. The summed E-state index contributed by atoms with van der Waals surface area (Å²) in [7, 11) is 3.04. The van der Waals surface area contributed by atoms with Crippen LogP contribution in [0.15, 0.2) is 0 Å². The molecule has 0 aliphatic rings. The molecule has 0 bridgehead atoms. The fourth-order valence-corrected chi connectivity index (χ4v) is 1.09. The third kappa shape index (κ3) is 2.78. The molecule has 0 aromatic carbocycles. The van der Waals surface area contributed by atoms with Crippen LogP contribution in [0.1, 0.15) is 23.4 Å². The fraction of sp³-hybridized carbons (Fsp3) is 0.556. The highest BCUT2D eigenvalue weighted by Gasteiger charge is 2.18. The Balaban J connectivity index is 2.66. The van der Waals surface area contributed by atoms with Crippen LogP contribution in [0.2, 0.25) is 0 Å². The Labute approximate surface area is 93.2 Å². The Morgan fingerprint density at radius 3 is 2.69 bits per heavy atom. The van der Waals surface area contributed by atoms with Gasteiger partial charge in [-0.05, 0) is 0 Å². The van der Waals surface area contributed by atoms with Gasteiger partial charge in [0.2, 0.25) is 11.7 Å². The molecule has 0 unspecified atom stereocenters. The van der Waals surface area contributed by atoms with Crippen LogP contribution in [0.3, 0.4) is 0 Å². The van der Waals surface area contributed by atoms with Crippen LogP contribution in [0.4, 0.5) is 0 Å². The van der Waals surface area contributed by atoms with Crippen molar-refractivity contribution in [3.05, 3.63) is 11.6 Å². The average molecular weight is 225 g/mol. The van der Waals surface area contributed by atoms with E-state index in [0.29, 0.717) is 12.2 Å². The first-order valence-electron chi connectivity index (χ1n) is 4.95. The van der Waals surface area contributed by atoms with Crippen molar-refractivity contribution in [3.63, 3.8) is 0 Å². The van der Waals surface area contributed by atoms with Gasteiger partial charge in [-0.3, -0.25) is 14.7 Å². The van der Waals surface area contributed by atoms with E-state index in [1.807, 2.05) is 6.92 Å². The summed E-state index contributed by atoms with van der Waals surface area (Å²) in [6.07, 6.45) is 0.680. The van der Waals surface area contributed by atoms with Gasteiger partial charge in [0.05, 0.1) is 6.54 Å². The lowest BCUT2D eigenvalue weighted by Gasteiger charge is -2.13. The molecule has 1 aromatic rings. The Hall–Kier alpha value is -1.92. The van der Waals surface area contributed by atoms with Gasteiger partial charge in [0.1, 0.15) is 5.82 Å². The number of H-pyrrole nitrogens is 1. The summed E-state index contributed by atoms with van der Waals surface area (Å²) in [5, 5.41) is 8.87. The van der Waals surface area contributed by atoms with Gasteiger partial charge < -0.3 is 10.2 Å². The number of rotatable bonds is 4. The van der Waals surface area contributed by atoms with Crippen molar-refractivity contribution in [1.29, 1.82) is 0 Å². The topological polar surface area (TPSA) is 91.0 Å². The zero-order valence-corrected chi connectivity index (χ0v) is 9.57. The van der Waals surface area contributed by atoms with E-state index >= 15 is 0 Å². The fourth-order valence-electron chi connectivity index (χ4n) is 1.09. The molecule has 0 fully saturated rings. The van der Waals surface area contributed by atoms with Crippen LogP contribution in [-0.2, 0) is 11.2 Å². The number of nitrogens with zero attached hydrogens (tertiary/aromatic N) is 3. The zero-order chi connectivity index (χ0) is 12.1. The summed E-state index contributed by atoms with van der Waals surface area (Å²) < 4.78 is 0. The minimum absolute atomic E-state index is 0.00860. The quantitative estimate of drug-likeness (QED) is 0.700. The Morgan fingerprint density at radius 1 is 1.50 bits per heavy atom. The van der Waals surface area contributed by atoms with E-state index < -0.39 is 0 Å². The van der Waals surface area contributed by atoms with E-state index in [0.717, 1.165) is 0 Å². The molecule has 0 radical (unpaired) electrons. The Kier molecular flexibility index (Phi) is 3.98. The first-order valence-corrected chi connectivity index (χ1v) is 4.95. The molecular weight excluding hydrogens is 210 g/mol. The summed E-state index contributed by atoms with van der Waals surface area (Å²) in [5.74, 6) is 0.126. The van der Waals surface area contributed by atoms with Crippen LogP contribution in [0, 0.1) is 0 Å². The van der Waals surface area contributed by atoms with Gasteiger partial charge in [0.25, 0.3) is 5.91 Å². The number of aryl methyl sites for hydroxylation is 1. The predicted octanol–water partition coefficient (Wildman–Crippen LogP) is -0.815. The maximum absolute atomic E-state index is 11.7. The van der Waals surface area contributed by atoms with Gasteiger partial charge in [0.15, 0.2) is 0 Å². The number of carbonyl (C=O) groups is 2. The van der Waals surface area contributed by atoms with Gasteiger partial charge in [-0.25, -0.2) is 4.98 Å². The second kappa shape index (κ2) is 5.24. The first-order chi connectivity index (χ1) is 7.58. The molecule has 1 aromatic heterocycles. The van der Waals surface area contributed by atoms with Crippen molar-refractivity contribution < 1.29 is 9.59 Å². The summed E-state index contributed by atoms with van der Waals surface area (Å²) in [6, 6.07) is 0. The van der Waals surface area contributed by atoms with E-state index in [1.54, 1.807) is 0 Å². The third-order valence-electron chi connectivity index (χ3n) is 2.06. The van der Waals surface area contributed by atoms with Crippen molar-refractivity contribution in [2.45, 2.75) is 13.3 Å². The second-order valence-electron chi connectivity index (χ2n) is 3.29. The largest absolute Gasteiger partial charge is 0.358 e. The molecule has 0 aliphatic heterocycles. The van der Waals surface area contributed by atoms with Crippen LogP contribution in [0.25, 0.3) is 0 Å². The Bertz CT molecular complexity index is 387. The lowest BCUT2D eigenvalue weighted by molar-refractivity contribution is -0.121. The highest BCUT2D eigenvalue weighted by molar-refractivity contribution is 5.93. The van der Waals surface area contributed by atoms with Crippen molar-refractivity contribution in [1.82, 2.24) is 25.4 Å². The summed E-state index contributed by atoms with van der Waals surface area (Å²) in [4.78, 5) is 28.1. The molecule has 2 N–H and O–H groups in total. The minimum atomic E-state index is -0.375. The van der Waals surface area contributed by atoms with Crippen molar-refractivity contribution in [3.8, 4) is 0 Å². The van der Waals surface area contributed by atoms with E-state index in [1.165, 1.54) is 19.0 Å². The van der Waals surface area contributed by atoms with Gasteiger partial charge in [-0.15, -0.1) is 5.10 Å². The monoisotopic (exact) mass is 225 g/mol. The van der Waals surface area contributed by atoms with Gasteiger partial charge in [0, 0.05) is 20.5 Å². The van der Waals surface area contributed by atoms with Crippen molar-refractivity contribution in [2.24, 2.45) is 0 Å². The molecule has 0 aliphatic carbocycles. The molecule has 7 heteroatoms. The molecule has 88 valence electrons. The number of nitrogens with one attached hydrogen (secondary N) is 2. The number of amides is 2. The van der Waals surface area contributed by atoms with Crippen LogP contribution in [-0.4, -0.2) is 52.5 Å². The van der Waals surface area contributed by atoms with Crippen molar-refractivity contribution >= 4 is 11.8 Å². The molecule has 0 saturated heterocycles. The molecule has 0 spiro atoms. The number of aromatic nitrogens is 3. The van der Waals surface area contributed by atoms with E-state index in [2.05, 4.69) is 20.5 Å². The molecule has 7 nitrogen and oxygen atoms in total. The standard InChI is InChI=1S/C9H15N5O2/c1-4-6-11-8(13-12-6)9(16)14(3)5-7(15)10-2/h4-5H2,1-3H3,(H,10,15)(H,11,12,13). The average Bonchev–Trinajstić information content (AvgIpc) is 2.76. The highest BCUT2D eigenvalue weighted by Crippen LogP contribution is 1.98. The third-order valence-corrected chi connectivity index (χ3v) is 2.06. The van der Waals surface area contributed by atoms with Crippen LogP contribution < -0.4 is 5.32 Å². The maximum Gasteiger partial charge on any atom is 0.293 e. The normalized spacial score (nSPS) is 9.94. The van der Waals surface area contributed by atoms with Gasteiger partial charge >= 0.3 is 0 Å². The molecule has 1 heterocycles. The maximum atomic E-state index is 11.7. The SMILES string of the molecule is CCc1nc(C(=O)N(C)CC(=O)NC)n[nH]1. The number of hydrogen-bond acceptors (Lipinski definition) is 4. The van der Waals surface area contributed by atoms with E-state index in [9.17, 15) is 9.59 Å². The lowest BCUT2D eigenvalue weighted by atomic mass is 10.4.